The minimum Gasteiger partial charge on any atom is -0.395 e. The molecule has 0 radical (unpaired) electrons. The molecule has 1 rings (SSSR count). The molecule has 22 heavy (non-hydrogen) atoms. The number of nitrogens with zero attached hydrogens (tertiary/aromatic N) is 1. The van der Waals surface area contributed by atoms with Crippen LogP contribution in [0.15, 0.2) is 24.3 Å². The van der Waals surface area contributed by atoms with Crippen LogP contribution in [0.3, 0.4) is 0 Å². The van der Waals surface area contributed by atoms with E-state index in [0.717, 1.165) is 0 Å². The number of rotatable bonds is 6. The Hall–Kier alpha value is -1.06. The van der Waals surface area contributed by atoms with Gasteiger partial charge in [0.25, 0.3) is 5.69 Å². The van der Waals surface area contributed by atoms with Gasteiger partial charge in [-0.1, -0.05) is 0 Å². The Morgan fingerprint density at radius 3 is 2.09 bits per heavy atom. The van der Waals surface area contributed by atoms with Crippen molar-refractivity contribution in [2.75, 3.05) is 18.6 Å². The number of nitrogens with two attached hydrogens (primary N) is 1. The largest absolute Gasteiger partial charge is 0.395 e. The first-order valence-corrected chi connectivity index (χ1v) is 8.35. The second-order valence-corrected chi connectivity index (χ2v) is 6.37. The van der Waals surface area contributed by atoms with Gasteiger partial charge in [-0.2, -0.15) is 0 Å². The number of nitro benzene ring substituents is 1. The maximum Gasteiger partial charge on any atom is 0.326 e. The second kappa shape index (κ2) is 9.86. The number of nitro groups is 1. The van der Waals surface area contributed by atoms with E-state index < -0.39 is 24.7 Å². The van der Waals surface area contributed by atoms with Crippen molar-refractivity contribution in [1.82, 2.24) is 0 Å². The molecule has 0 amide bonds. The van der Waals surface area contributed by atoms with Crippen LogP contribution in [-0.4, -0.2) is 49.6 Å². The lowest BCUT2D eigenvalue weighted by molar-refractivity contribution is -0.384. The molecule has 1 aromatic carbocycles. The maximum atomic E-state index is 10.4. The van der Waals surface area contributed by atoms with E-state index in [-0.39, 0.29) is 24.3 Å². The van der Waals surface area contributed by atoms with Crippen molar-refractivity contribution >= 4 is 24.9 Å². The molecule has 0 aliphatic rings. The smallest absolute Gasteiger partial charge is 0.326 e. The zero-order chi connectivity index (χ0) is 17.3. The van der Waals surface area contributed by atoms with E-state index in [1.807, 2.05) is 0 Å². The molecule has 0 fully saturated rings. The number of alkyl halides is 1. The zero-order valence-corrected chi connectivity index (χ0v) is 13.1. The first kappa shape index (κ1) is 20.9. The molecule has 11 heteroatoms. The molecule has 0 aliphatic carbocycles. The Bertz CT molecular complexity index is 508. The summed E-state index contributed by atoms with van der Waals surface area (Å²) in [6, 6.07) is 4.61. The summed E-state index contributed by atoms with van der Waals surface area (Å²) in [5.41, 5.74) is 5.81. The third-order valence-electron chi connectivity index (χ3n) is 2.44. The van der Waals surface area contributed by atoms with Crippen molar-refractivity contribution in [3.8, 4) is 0 Å². The summed E-state index contributed by atoms with van der Waals surface area (Å²) < 4.78 is 9.84. The standard InChI is InChI=1S/C9H12N2O4.C2H6ClO3P/c10-8(5-12)9(13)6-1-3-7(4-2-6)11(14)15;3-1-2-7(4,5)6/h1-4,8-9,12-13H,5,10H2;1-2H2,(H2,4,5,6). The van der Waals surface area contributed by atoms with E-state index in [2.05, 4.69) is 0 Å². The second-order valence-electron chi connectivity index (χ2n) is 4.22. The van der Waals surface area contributed by atoms with Gasteiger partial charge in [0, 0.05) is 18.0 Å². The van der Waals surface area contributed by atoms with Crippen LogP contribution in [0, 0.1) is 10.1 Å². The SMILES string of the molecule is NC(CO)C(O)c1ccc([N+](=O)[O-])cc1.O=P(O)(O)CCCl. The molecule has 2 atom stereocenters. The lowest BCUT2D eigenvalue weighted by Gasteiger charge is -2.16. The predicted octanol–water partition coefficient (Wildman–Crippen LogP) is 0.351. The van der Waals surface area contributed by atoms with E-state index in [9.17, 15) is 19.8 Å². The molecular weight excluding hydrogens is 339 g/mol. The fourth-order valence-corrected chi connectivity index (χ4v) is 2.13. The zero-order valence-electron chi connectivity index (χ0n) is 11.4. The van der Waals surface area contributed by atoms with Crippen LogP contribution in [0.1, 0.15) is 11.7 Å². The molecular formula is C11H18ClN2O7P. The van der Waals surface area contributed by atoms with Crippen LogP contribution < -0.4 is 5.73 Å². The van der Waals surface area contributed by atoms with E-state index in [4.69, 9.17) is 32.2 Å². The van der Waals surface area contributed by atoms with Gasteiger partial charge in [0.1, 0.15) is 0 Å². The third-order valence-corrected chi connectivity index (χ3v) is 3.70. The number of aliphatic hydroxyl groups excluding tert-OH is 2. The van der Waals surface area contributed by atoms with E-state index in [1.54, 1.807) is 0 Å². The van der Waals surface area contributed by atoms with Crippen LogP contribution in [0.5, 0.6) is 0 Å². The molecule has 0 aliphatic heterocycles. The van der Waals surface area contributed by atoms with Crippen LogP contribution in [-0.2, 0) is 4.57 Å². The van der Waals surface area contributed by atoms with Crippen molar-refractivity contribution in [3.63, 3.8) is 0 Å². The normalized spacial score (nSPS) is 13.7. The van der Waals surface area contributed by atoms with Gasteiger partial charge >= 0.3 is 7.60 Å². The number of hydrogen-bond acceptors (Lipinski definition) is 6. The Kier molecular flexibility index (Phi) is 9.38. The molecule has 0 spiro atoms. The Morgan fingerprint density at radius 1 is 1.32 bits per heavy atom. The Balaban J connectivity index is 0.000000534. The molecule has 9 nitrogen and oxygen atoms in total. The molecule has 0 heterocycles. The van der Waals surface area contributed by atoms with Crippen molar-refractivity contribution in [2.45, 2.75) is 12.1 Å². The van der Waals surface area contributed by atoms with Gasteiger partial charge in [-0.25, -0.2) is 0 Å². The highest BCUT2D eigenvalue weighted by atomic mass is 35.5. The highest BCUT2D eigenvalue weighted by Gasteiger charge is 2.16. The highest BCUT2D eigenvalue weighted by molar-refractivity contribution is 7.51. The predicted molar refractivity (Wildman–Crippen MR) is 80.7 cm³/mol. The molecule has 0 bridgehead atoms. The summed E-state index contributed by atoms with van der Waals surface area (Å²) in [7, 11) is -3.80. The van der Waals surface area contributed by atoms with Crippen molar-refractivity contribution < 1.29 is 29.5 Å². The summed E-state index contributed by atoms with van der Waals surface area (Å²) >= 11 is 4.99. The minimum atomic E-state index is -3.80. The minimum absolute atomic E-state index is 0.0181. The Labute approximate surface area is 131 Å². The maximum absolute atomic E-state index is 10.4. The van der Waals surface area contributed by atoms with Gasteiger partial charge in [-0.15, -0.1) is 11.6 Å². The first-order chi connectivity index (χ1) is 10.1. The topological polar surface area (TPSA) is 167 Å². The monoisotopic (exact) mass is 356 g/mol. The number of non-ortho nitro benzene ring substituents is 1. The van der Waals surface area contributed by atoms with Gasteiger partial charge in [0.2, 0.25) is 0 Å². The number of benzene rings is 1. The lowest BCUT2D eigenvalue weighted by Crippen LogP contribution is -2.31. The fourth-order valence-electron chi connectivity index (χ4n) is 1.25. The van der Waals surface area contributed by atoms with Crippen molar-refractivity contribution in [3.05, 3.63) is 39.9 Å². The first-order valence-electron chi connectivity index (χ1n) is 6.01. The highest BCUT2D eigenvalue weighted by Crippen LogP contribution is 2.33. The molecule has 0 saturated heterocycles. The molecule has 6 N–H and O–H groups in total. The van der Waals surface area contributed by atoms with Crippen LogP contribution in [0.4, 0.5) is 5.69 Å². The summed E-state index contributed by atoms with van der Waals surface area (Å²) in [6.07, 6.45) is -1.25. The summed E-state index contributed by atoms with van der Waals surface area (Å²) in [5.74, 6) is 0.0181. The molecule has 0 saturated carbocycles. The average molecular weight is 357 g/mol. The fraction of sp³-hybridized carbons (Fsp3) is 0.455. The summed E-state index contributed by atoms with van der Waals surface area (Å²) in [6.45, 7) is -0.349. The number of aliphatic hydroxyl groups is 2. The van der Waals surface area contributed by atoms with E-state index >= 15 is 0 Å². The Morgan fingerprint density at radius 2 is 1.82 bits per heavy atom. The molecule has 126 valence electrons. The van der Waals surface area contributed by atoms with Crippen molar-refractivity contribution in [2.24, 2.45) is 5.73 Å². The molecule has 2 unspecified atom stereocenters. The van der Waals surface area contributed by atoms with Gasteiger partial charge < -0.3 is 25.7 Å². The van der Waals surface area contributed by atoms with Crippen LogP contribution in [0.2, 0.25) is 0 Å². The van der Waals surface area contributed by atoms with Crippen LogP contribution in [0.25, 0.3) is 0 Å². The van der Waals surface area contributed by atoms with Gasteiger partial charge in [-0.3, -0.25) is 14.7 Å². The third kappa shape index (κ3) is 8.40. The number of hydrogen-bond donors (Lipinski definition) is 5. The quantitative estimate of drug-likeness (QED) is 0.210. The lowest BCUT2D eigenvalue weighted by atomic mass is 10.0. The molecule has 1 aromatic rings. The summed E-state index contributed by atoms with van der Waals surface area (Å²) in [4.78, 5) is 25.9. The summed E-state index contributed by atoms with van der Waals surface area (Å²) in [5, 5.41) is 28.6. The average Bonchev–Trinajstić information content (AvgIpc) is 2.45. The van der Waals surface area contributed by atoms with E-state index in [1.165, 1.54) is 24.3 Å². The van der Waals surface area contributed by atoms with Crippen LogP contribution >= 0.6 is 19.2 Å². The molecule has 0 aromatic heterocycles. The van der Waals surface area contributed by atoms with Gasteiger partial charge in [0.05, 0.1) is 29.8 Å². The number of halogens is 1. The van der Waals surface area contributed by atoms with Gasteiger partial charge in [0.15, 0.2) is 0 Å². The van der Waals surface area contributed by atoms with Crippen molar-refractivity contribution in [1.29, 1.82) is 0 Å². The van der Waals surface area contributed by atoms with E-state index in [0.29, 0.717) is 5.56 Å². The van der Waals surface area contributed by atoms with Gasteiger partial charge in [-0.05, 0) is 17.7 Å².